The number of hydrogen-bond acceptors (Lipinski definition) is 1. The van der Waals surface area contributed by atoms with Gasteiger partial charge in [0, 0.05) is 29.8 Å². The number of nitrogens with zero attached hydrogens (tertiary/aromatic N) is 1. The Morgan fingerprint density at radius 2 is 1.89 bits per heavy atom. The molecule has 0 aliphatic carbocycles. The molecule has 0 fully saturated rings. The van der Waals surface area contributed by atoms with Crippen molar-refractivity contribution in [1.29, 1.82) is 0 Å². The molecule has 0 spiro atoms. The summed E-state index contributed by atoms with van der Waals surface area (Å²) in [6, 6.07) is 12.1. The molecule has 18 heavy (non-hydrogen) atoms. The van der Waals surface area contributed by atoms with E-state index in [4.69, 9.17) is 4.74 Å². The van der Waals surface area contributed by atoms with E-state index < -0.39 is 0 Å². The van der Waals surface area contributed by atoms with Gasteiger partial charge in [-0.15, -0.1) is 0 Å². The van der Waals surface area contributed by atoms with E-state index in [1.54, 1.807) is 0 Å². The Hall–Kier alpha value is -2.09. The summed E-state index contributed by atoms with van der Waals surface area (Å²) in [5.74, 6) is 0.875. The fourth-order valence-electron chi connectivity index (χ4n) is 1.79. The Kier molecular flexibility index (Phi) is 3.78. The van der Waals surface area contributed by atoms with E-state index in [-0.39, 0.29) is 6.10 Å². The van der Waals surface area contributed by atoms with Crippen molar-refractivity contribution in [3.8, 4) is 11.4 Å². The molecule has 0 saturated heterocycles. The first-order valence-corrected chi connectivity index (χ1v) is 6.10. The van der Waals surface area contributed by atoms with E-state index in [1.165, 1.54) is 0 Å². The third-order valence-corrected chi connectivity index (χ3v) is 2.59. The molecule has 0 N–H and O–H groups in total. The second kappa shape index (κ2) is 5.50. The average molecular weight is 240 g/mol. The average Bonchev–Trinajstić information content (AvgIpc) is 2.39. The zero-order valence-electron chi connectivity index (χ0n) is 10.8. The van der Waals surface area contributed by atoms with Gasteiger partial charge in [0.1, 0.15) is 5.75 Å². The quantitative estimate of drug-likeness (QED) is 0.747. The van der Waals surface area contributed by atoms with Gasteiger partial charge in [-0.1, -0.05) is 18.7 Å². The molecule has 0 unspecified atom stereocenters. The number of ether oxygens (including phenoxy) is 1. The Bertz CT molecular complexity index is 532. The van der Waals surface area contributed by atoms with Gasteiger partial charge in [-0.2, -0.15) is 4.57 Å². The smallest absolute Gasteiger partial charge is 0.211 e. The standard InChI is InChI=1S/C16H18NO/c1-4-14-12-15(17-10-6-5-7-11-17)8-9-16(14)18-13(2)3/h4-13H,1H2,2-3H3/q+1. The van der Waals surface area contributed by atoms with Gasteiger partial charge in [0.25, 0.3) is 0 Å². The Labute approximate surface area is 108 Å². The van der Waals surface area contributed by atoms with Crippen molar-refractivity contribution in [1.82, 2.24) is 0 Å². The number of pyridine rings is 1. The second-order valence-corrected chi connectivity index (χ2v) is 4.38. The van der Waals surface area contributed by atoms with Crippen LogP contribution in [0.15, 0.2) is 55.4 Å². The number of benzene rings is 1. The fraction of sp³-hybridized carbons (Fsp3) is 0.188. The summed E-state index contributed by atoms with van der Waals surface area (Å²) in [6.07, 6.45) is 6.03. The summed E-state index contributed by atoms with van der Waals surface area (Å²) >= 11 is 0. The lowest BCUT2D eigenvalue weighted by Crippen LogP contribution is -2.28. The highest BCUT2D eigenvalue weighted by atomic mass is 16.5. The summed E-state index contributed by atoms with van der Waals surface area (Å²) in [5, 5.41) is 0. The minimum atomic E-state index is 0.166. The van der Waals surface area contributed by atoms with Gasteiger partial charge in [0.15, 0.2) is 12.4 Å². The molecular weight excluding hydrogens is 222 g/mol. The van der Waals surface area contributed by atoms with Crippen LogP contribution in [0.3, 0.4) is 0 Å². The molecule has 0 radical (unpaired) electrons. The molecule has 1 aromatic carbocycles. The summed E-state index contributed by atoms with van der Waals surface area (Å²) in [5.41, 5.74) is 2.11. The van der Waals surface area contributed by atoms with Gasteiger partial charge >= 0.3 is 0 Å². The minimum absolute atomic E-state index is 0.166. The lowest BCUT2D eigenvalue weighted by atomic mass is 10.1. The third kappa shape index (κ3) is 2.77. The van der Waals surface area contributed by atoms with Crippen LogP contribution in [0.5, 0.6) is 5.75 Å². The highest BCUT2D eigenvalue weighted by Crippen LogP contribution is 2.22. The van der Waals surface area contributed by atoms with Crippen LogP contribution in [-0.2, 0) is 0 Å². The molecule has 0 aliphatic rings. The topological polar surface area (TPSA) is 13.1 Å². The highest BCUT2D eigenvalue weighted by Gasteiger charge is 2.09. The molecule has 0 bridgehead atoms. The second-order valence-electron chi connectivity index (χ2n) is 4.38. The zero-order chi connectivity index (χ0) is 13.0. The molecule has 1 heterocycles. The Morgan fingerprint density at radius 1 is 1.17 bits per heavy atom. The Morgan fingerprint density at radius 3 is 2.50 bits per heavy atom. The molecule has 0 atom stereocenters. The predicted molar refractivity (Wildman–Crippen MR) is 73.8 cm³/mol. The Balaban J connectivity index is 2.39. The molecule has 2 rings (SSSR count). The molecule has 0 aliphatic heterocycles. The van der Waals surface area contributed by atoms with E-state index in [0.717, 1.165) is 17.0 Å². The first-order valence-electron chi connectivity index (χ1n) is 6.10. The molecule has 2 aromatic rings. The van der Waals surface area contributed by atoms with Crippen molar-refractivity contribution in [2.24, 2.45) is 0 Å². The van der Waals surface area contributed by atoms with Gasteiger partial charge < -0.3 is 4.74 Å². The van der Waals surface area contributed by atoms with Crippen molar-refractivity contribution >= 4 is 6.08 Å². The summed E-state index contributed by atoms with van der Waals surface area (Å²) in [4.78, 5) is 0. The molecule has 2 nitrogen and oxygen atoms in total. The molecule has 0 amide bonds. The van der Waals surface area contributed by atoms with Crippen molar-refractivity contribution in [2.75, 3.05) is 0 Å². The van der Waals surface area contributed by atoms with Crippen molar-refractivity contribution in [2.45, 2.75) is 20.0 Å². The fourth-order valence-corrected chi connectivity index (χ4v) is 1.79. The molecular formula is C16H18NO+. The van der Waals surface area contributed by atoms with Crippen LogP contribution in [0.25, 0.3) is 11.8 Å². The van der Waals surface area contributed by atoms with Gasteiger partial charge in [0.2, 0.25) is 5.69 Å². The van der Waals surface area contributed by atoms with Crippen LogP contribution in [0.2, 0.25) is 0 Å². The maximum Gasteiger partial charge on any atom is 0.211 e. The van der Waals surface area contributed by atoms with Crippen LogP contribution in [0.4, 0.5) is 0 Å². The van der Waals surface area contributed by atoms with Gasteiger partial charge in [0.05, 0.1) is 6.10 Å². The summed E-state index contributed by atoms with van der Waals surface area (Å²) in [7, 11) is 0. The van der Waals surface area contributed by atoms with Crippen LogP contribution in [-0.4, -0.2) is 6.10 Å². The number of rotatable bonds is 4. The van der Waals surface area contributed by atoms with E-state index in [0.29, 0.717) is 0 Å². The first-order chi connectivity index (χ1) is 8.70. The normalized spacial score (nSPS) is 10.4. The third-order valence-electron chi connectivity index (χ3n) is 2.59. The number of aromatic nitrogens is 1. The predicted octanol–water partition coefficient (Wildman–Crippen LogP) is 3.39. The zero-order valence-corrected chi connectivity index (χ0v) is 10.8. The van der Waals surface area contributed by atoms with Crippen molar-refractivity contribution < 1.29 is 9.30 Å². The van der Waals surface area contributed by atoms with Gasteiger partial charge in [-0.05, 0) is 19.9 Å². The van der Waals surface area contributed by atoms with Gasteiger partial charge in [-0.3, -0.25) is 0 Å². The minimum Gasteiger partial charge on any atom is -0.490 e. The van der Waals surface area contributed by atoms with E-state index in [9.17, 15) is 0 Å². The SMILES string of the molecule is C=Cc1cc(-[n+]2ccccc2)ccc1OC(C)C. The molecule has 1 aromatic heterocycles. The first kappa shape index (κ1) is 12.4. The van der Waals surface area contributed by atoms with Crippen LogP contribution >= 0.6 is 0 Å². The molecule has 92 valence electrons. The largest absolute Gasteiger partial charge is 0.490 e. The lowest BCUT2D eigenvalue weighted by molar-refractivity contribution is -0.595. The maximum absolute atomic E-state index is 5.75. The van der Waals surface area contributed by atoms with Crippen molar-refractivity contribution in [3.63, 3.8) is 0 Å². The van der Waals surface area contributed by atoms with Gasteiger partial charge in [-0.25, -0.2) is 0 Å². The lowest BCUT2D eigenvalue weighted by Gasteiger charge is -2.12. The van der Waals surface area contributed by atoms with Crippen LogP contribution in [0, 0.1) is 0 Å². The number of hydrogen-bond donors (Lipinski definition) is 0. The van der Waals surface area contributed by atoms with E-state index in [2.05, 4.69) is 17.2 Å². The highest BCUT2D eigenvalue weighted by molar-refractivity contribution is 5.58. The van der Waals surface area contributed by atoms with Crippen LogP contribution < -0.4 is 9.30 Å². The molecule has 2 heteroatoms. The van der Waals surface area contributed by atoms with Crippen LogP contribution in [0.1, 0.15) is 19.4 Å². The molecule has 0 saturated carbocycles. The van der Waals surface area contributed by atoms with Crippen molar-refractivity contribution in [3.05, 3.63) is 60.9 Å². The monoisotopic (exact) mass is 240 g/mol. The summed E-state index contributed by atoms with van der Waals surface area (Å²) < 4.78 is 7.81. The summed E-state index contributed by atoms with van der Waals surface area (Å²) in [6.45, 7) is 7.89. The van der Waals surface area contributed by atoms with E-state index in [1.807, 2.05) is 62.6 Å². The maximum atomic E-state index is 5.75. The van der Waals surface area contributed by atoms with E-state index >= 15 is 0 Å².